The molecule has 1 aliphatic rings. The highest BCUT2D eigenvalue weighted by molar-refractivity contribution is 5.90. The van der Waals surface area contributed by atoms with Gasteiger partial charge in [0.25, 0.3) is 0 Å². The van der Waals surface area contributed by atoms with E-state index in [1.54, 1.807) is 6.07 Å². The Morgan fingerprint density at radius 3 is 3.05 bits per heavy atom. The molecule has 1 aromatic carbocycles. The molecule has 1 fully saturated rings. The summed E-state index contributed by atoms with van der Waals surface area (Å²) in [5.74, 6) is -0.0488. The van der Waals surface area contributed by atoms with E-state index in [9.17, 15) is 9.59 Å². The zero-order valence-corrected chi connectivity index (χ0v) is 11.7. The number of benzene rings is 1. The van der Waals surface area contributed by atoms with Gasteiger partial charge in [-0.25, -0.2) is 0 Å². The molecule has 20 heavy (non-hydrogen) atoms. The van der Waals surface area contributed by atoms with Gasteiger partial charge >= 0.3 is 0 Å². The van der Waals surface area contributed by atoms with E-state index in [1.807, 2.05) is 30.0 Å². The van der Waals surface area contributed by atoms with E-state index in [4.69, 9.17) is 4.74 Å². The summed E-state index contributed by atoms with van der Waals surface area (Å²) in [4.78, 5) is 25.3. The topological polar surface area (TPSA) is 58.6 Å². The first kappa shape index (κ1) is 14.5. The minimum Gasteiger partial charge on any atom is -0.377 e. The number of para-hydroxylation sites is 1. The summed E-state index contributed by atoms with van der Waals surface area (Å²) in [5, 5.41) is 2.89. The van der Waals surface area contributed by atoms with Gasteiger partial charge in [0.15, 0.2) is 6.29 Å². The first-order valence-corrected chi connectivity index (χ1v) is 6.94. The molecule has 1 saturated heterocycles. The molecule has 1 aromatic rings. The van der Waals surface area contributed by atoms with Gasteiger partial charge in [-0.15, -0.1) is 0 Å². The minimum absolute atomic E-state index is 0.0488. The Labute approximate surface area is 118 Å². The van der Waals surface area contributed by atoms with E-state index in [-0.39, 0.29) is 11.9 Å². The van der Waals surface area contributed by atoms with Crippen LogP contribution in [0.5, 0.6) is 0 Å². The molecule has 0 saturated carbocycles. The summed E-state index contributed by atoms with van der Waals surface area (Å²) < 4.78 is 5.42. The molecular weight excluding hydrogens is 256 g/mol. The van der Waals surface area contributed by atoms with E-state index in [0.717, 1.165) is 18.4 Å². The first-order valence-electron chi connectivity index (χ1n) is 6.94. The van der Waals surface area contributed by atoms with Crippen LogP contribution in [0.15, 0.2) is 24.3 Å². The van der Waals surface area contributed by atoms with Crippen molar-refractivity contribution >= 4 is 17.9 Å². The number of anilines is 1. The molecule has 1 amide bonds. The maximum absolute atomic E-state index is 12.2. The highest BCUT2D eigenvalue weighted by Gasteiger charge is 2.30. The Kier molecular flexibility index (Phi) is 5.12. The van der Waals surface area contributed by atoms with Crippen molar-refractivity contribution in [2.75, 3.05) is 31.2 Å². The molecule has 0 aliphatic carbocycles. The fourth-order valence-corrected chi connectivity index (χ4v) is 2.32. The highest BCUT2D eigenvalue weighted by atomic mass is 16.5. The summed E-state index contributed by atoms with van der Waals surface area (Å²) in [6, 6.07) is 6.95. The van der Waals surface area contributed by atoms with Crippen molar-refractivity contribution in [1.29, 1.82) is 0 Å². The average Bonchev–Trinajstić information content (AvgIpc) is 2.52. The van der Waals surface area contributed by atoms with Gasteiger partial charge in [-0.3, -0.25) is 9.59 Å². The molecule has 1 aliphatic heterocycles. The third-order valence-corrected chi connectivity index (χ3v) is 3.35. The Morgan fingerprint density at radius 1 is 1.50 bits per heavy atom. The van der Waals surface area contributed by atoms with Crippen LogP contribution in [0, 0.1) is 0 Å². The Morgan fingerprint density at radius 2 is 2.30 bits per heavy atom. The van der Waals surface area contributed by atoms with Crippen molar-refractivity contribution in [3.05, 3.63) is 29.8 Å². The molecule has 5 nitrogen and oxygen atoms in total. The average molecular weight is 276 g/mol. The van der Waals surface area contributed by atoms with Gasteiger partial charge in [-0.2, -0.15) is 0 Å². The van der Waals surface area contributed by atoms with E-state index < -0.39 is 0 Å². The molecule has 2 rings (SSSR count). The quantitative estimate of drug-likeness (QED) is 0.822. The molecule has 5 heteroatoms. The second-order valence-electron chi connectivity index (χ2n) is 4.75. The maximum atomic E-state index is 12.2. The lowest BCUT2D eigenvalue weighted by Crippen LogP contribution is -2.54. The van der Waals surface area contributed by atoms with Crippen LogP contribution in [0.4, 0.5) is 5.69 Å². The Bertz CT molecular complexity index is 476. The van der Waals surface area contributed by atoms with Crippen molar-refractivity contribution < 1.29 is 14.3 Å². The number of carbonyl (C=O) groups is 2. The molecule has 0 spiro atoms. The van der Waals surface area contributed by atoms with Crippen LogP contribution in [0.3, 0.4) is 0 Å². The lowest BCUT2D eigenvalue weighted by atomic mass is 10.1. The normalized spacial score (nSPS) is 18.6. The van der Waals surface area contributed by atoms with Crippen LogP contribution in [0.25, 0.3) is 0 Å². The van der Waals surface area contributed by atoms with E-state index >= 15 is 0 Å². The second-order valence-corrected chi connectivity index (χ2v) is 4.75. The SMILES string of the molecule is CCCNC(=O)C1COCCN1c1ccccc1C=O. The van der Waals surface area contributed by atoms with Crippen molar-refractivity contribution in [3.63, 3.8) is 0 Å². The number of hydrogen-bond donors (Lipinski definition) is 1. The van der Waals surface area contributed by atoms with Crippen LogP contribution in [-0.2, 0) is 9.53 Å². The lowest BCUT2D eigenvalue weighted by molar-refractivity contribution is -0.124. The zero-order chi connectivity index (χ0) is 14.4. The summed E-state index contributed by atoms with van der Waals surface area (Å²) in [7, 11) is 0. The van der Waals surface area contributed by atoms with Gasteiger partial charge in [-0.05, 0) is 18.6 Å². The fourth-order valence-electron chi connectivity index (χ4n) is 2.32. The largest absolute Gasteiger partial charge is 0.377 e. The van der Waals surface area contributed by atoms with Crippen molar-refractivity contribution in [3.8, 4) is 0 Å². The summed E-state index contributed by atoms with van der Waals surface area (Å²) in [6.07, 6.45) is 1.72. The predicted octanol–water partition coefficient (Wildman–Crippen LogP) is 1.23. The third-order valence-electron chi connectivity index (χ3n) is 3.35. The molecule has 1 N–H and O–H groups in total. The first-order chi connectivity index (χ1) is 9.77. The van der Waals surface area contributed by atoms with Gasteiger partial charge in [-0.1, -0.05) is 19.1 Å². The summed E-state index contributed by atoms with van der Waals surface area (Å²) >= 11 is 0. The van der Waals surface area contributed by atoms with Crippen molar-refractivity contribution in [1.82, 2.24) is 5.32 Å². The number of amides is 1. The van der Waals surface area contributed by atoms with Gasteiger partial charge < -0.3 is 15.0 Å². The van der Waals surface area contributed by atoms with Crippen LogP contribution in [0.2, 0.25) is 0 Å². The summed E-state index contributed by atoms with van der Waals surface area (Å²) in [5.41, 5.74) is 1.39. The maximum Gasteiger partial charge on any atom is 0.245 e. The number of ether oxygens (including phenoxy) is 1. The number of morpholine rings is 1. The Balaban J connectivity index is 2.22. The molecular formula is C15H20N2O3. The van der Waals surface area contributed by atoms with Crippen molar-refractivity contribution in [2.45, 2.75) is 19.4 Å². The van der Waals surface area contributed by atoms with Gasteiger partial charge in [0.1, 0.15) is 6.04 Å². The molecule has 0 bridgehead atoms. The van der Waals surface area contributed by atoms with Crippen LogP contribution in [0.1, 0.15) is 23.7 Å². The molecule has 1 heterocycles. The number of carbonyl (C=O) groups excluding carboxylic acids is 2. The second kappa shape index (κ2) is 7.05. The zero-order valence-electron chi connectivity index (χ0n) is 11.7. The van der Waals surface area contributed by atoms with Gasteiger partial charge in [0.2, 0.25) is 5.91 Å². The lowest BCUT2D eigenvalue weighted by Gasteiger charge is -2.36. The standard InChI is InChI=1S/C15H20N2O3/c1-2-7-16-15(19)14-11-20-9-8-17(14)13-6-4-3-5-12(13)10-18/h3-6,10,14H,2,7-9,11H2,1H3,(H,16,19). The fraction of sp³-hybridized carbons (Fsp3) is 0.467. The number of hydrogen-bond acceptors (Lipinski definition) is 4. The molecule has 108 valence electrons. The van der Waals surface area contributed by atoms with Gasteiger partial charge in [0.05, 0.1) is 13.2 Å². The molecule has 1 atom stereocenters. The van der Waals surface area contributed by atoms with E-state index in [0.29, 0.717) is 31.9 Å². The molecule has 0 aromatic heterocycles. The van der Waals surface area contributed by atoms with Crippen LogP contribution < -0.4 is 10.2 Å². The van der Waals surface area contributed by atoms with Crippen LogP contribution in [-0.4, -0.2) is 44.5 Å². The molecule has 0 radical (unpaired) electrons. The third kappa shape index (κ3) is 3.17. The van der Waals surface area contributed by atoms with Crippen LogP contribution >= 0.6 is 0 Å². The van der Waals surface area contributed by atoms with E-state index in [2.05, 4.69) is 5.32 Å². The smallest absolute Gasteiger partial charge is 0.245 e. The van der Waals surface area contributed by atoms with Crippen molar-refractivity contribution in [2.24, 2.45) is 0 Å². The monoisotopic (exact) mass is 276 g/mol. The Hall–Kier alpha value is -1.88. The van der Waals surface area contributed by atoms with Gasteiger partial charge in [0, 0.05) is 24.3 Å². The number of aldehydes is 1. The predicted molar refractivity (Wildman–Crippen MR) is 77.1 cm³/mol. The van der Waals surface area contributed by atoms with E-state index in [1.165, 1.54) is 0 Å². The summed E-state index contributed by atoms with van der Waals surface area (Å²) in [6.45, 7) is 4.18. The number of nitrogens with zero attached hydrogens (tertiary/aromatic N) is 1. The molecule has 1 unspecified atom stereocenters. The number of rotatable bonds is 5. The highest BCUT2D eigenvalue weighted by Crippen LogP contribution is 2.23. The number of nitrogens with one attached hydrogen (secondary N) is 1. The minimum atomic E-state index is -0.378.